The van der Waals surface area contributed by atoms with Crippen LogP contribution in [0.3, 0.4) is 0 Å². The Morgan fingerprint density at radius 2 is 1.81 bits per heavy atom. The number of carbonyl (C=O) groups is 1. The zero-order chi connectivity index (χ0) is 25.1. The topological polar surface area (TPSA) is 107 Å². The summed E-state index contributed by atoms with van der Waals surface area (Å²) in [5.74, 6) is 0.494. The first kappa shape index (κ1) is 23.3. The van der Waals surface area contributed by atoms with Gasteiger partial charge in [0.05, 0.1) is 18.8 Å². The molecule has 5 rings (SSSR count). The predicted molar refractivity (Wildman–Crippen MR) is 133 cm³/mol. The molecule has 1 atom stereocenters. The van der Waals surface area contributed by atoms with E-state index in [0.717, 1.165) is 11.3 Å². The molecule has 0 saturated heterocycles. The second-order valence-corrected chi connectivity index (χ2v) is 8.49. The summed E-state index contributed by atoms with van der Waals surface area (Å²) in [4.78, 5) is 26.4. The van der Waals surface area contributed by atoms with Crippen molar-refractivity contribution in [1.82, 2.24) is 5.32 Å². The molecule has 0 saturated carbocycles. The highest BCUT2D eigenvalue weighted by Gasteiger charge is 2.28. The molecule has 3 aromatic carbocycles. The van der Waals surface area contributed by atoms with Crippen LogP contribution in [0.4, 0.5) is 0 Å². The van der Waals surface area contributed by atoms with E-state index in [2.05, 4.69) is 5.32 Å². The number of benzene rings is 3. The number of fused-ring (bicyclic) bond motifs is 2. The molecule has 184 valence electrons. The van der Waals surface area contributed by atoms with E-state index in [0.29, 0.717) is 41.0 Å². The molecule has 1 aliphatic heterocycles. The highest BCUT2D eigenvalue weighted by atomic mass is 16.7. The number of phenols is 1. The van der Waals surface area contributed by atoms with Crippen LogP contribution in [0.1, 0.15) is 29.0 Å². The fourth-order valence-corrected chi connectivity index (χ4v) is 4.34. The highest BCUT2D eigenvalue weighted by Crippen LogP contribution is 2.42. The van der Waals surface area contributed by atoms with Crippen LogP contribution in [-0.4, -0.2) is 31.5 Å². The Kier molecular flexibility index (Phi) is 6.49. The second kappa shape index (κ2) is 10.0. The van der Waals surface area contributed by atoms with Gasteiger partial charge < -0.3 is 29.1 Å². The molecule has 0 bridgehead atoms. The lowest BCUT2D eigenvalue weighted by molar-refractivity contribution is -0.121. The molecule has 2 N–H and O–H groups in total. The molecular formula is C28H25NO7. The van der Waals surface area contributed by atoms with Gasteiger partial charge in [-0.25, -0.2) is 0 Å². The van der Waals surface area contributed by atoms with E-state index < -0.39 is 5.92 Å². The summed E-state index contributed by atoms with van der Waals surface area (Å²) in [6.07, 6.45) is 1.93. The van der Waals surface area contributed by atoms with E-state index in [1.807, 2.05) is 24.3 Å². The van der Waals surface area contributed by atoms with E-state index in [4.69, 9.17) is 18.6 Å². The second-order valence-electron chi connectivity index (χ2n) is 8.49. The van der Waals surface area contributed by atoms with Crippen molar-refractivity contribution in [3.8, 4) is 23.0 Å². The number of ether oxygens (including phenoxy) is 3. The molecule has 36 heavy (non-hydrogen) atoms. The Morgan fingerprint density at radius 1 is 1.06 bits per heavy atom. The number of methoxy groups -OCH3 is 1. The maximum absolute atomic E-state index is 13.4. The van der Waals surface area contributed by atoms with Crippen LogP contribution in [-0.2, 0) is 11.2 Å². The van der Waals surface area contributed by atoms with Gasteiger partial charge >= 0.3 is 0 Å². The SMILES string of the molecule is COc1ccc(CCNC(=O)C[C@@H](c2cc3c(cc2O)OCO3)c2coc3ccccc3c2=O)cc1. The Labute approximate surface area is 207 Å². The van der Waals surface area contributed by atoms with E-state index in [9.17, 15) is 14.7 Å². The van der Waals surface area contributed by atoms with Crippen LogP contribution < -0.4 is 25.0 Å². The smallest absolute Gasteiger partial charge is 0.231 e. The molecule has 0 aliphatic carbocycles. The van der Waals surface area contributed by atoms with Crippen LogP contribution in [0.15, 0.2) is 76.1 Å². The van der Waals surface area contributed by atoms with Gasteiger partial charge in [0.2, 0.25) is 12.7 Å². The Hall–Kier alpha value is -4.46. The maximum atomic E-state index is 13.4. The van der Waals surface area contributed by atoms with E-state index >= 15 is 0 Å². The lowest BCUT2D eigenvalue weighted by atomic mass is 9.87. The van der Waals surface area contributed by atoms with Gasteiger partial charge in [-0.2, -0.15) is 0 Å². The van der Waals surface area contributed by atoms with Crippen molar-refractivity contribution < 1.29 is 28.5 Å². The number of amides is 1. The maximum Gasteiger partial charge on any atom is 0.231 e. The lowest BCUT2D eigenvalue weighted by Gasteiger charge is -2.19. The summed E-state index contributed by atoms with van der Waals surface area (Å²) < 4.78 is 21.7. The standard InChI is InChI=1S/C28H25NO7/c1-33-18-8-6-17(7-9-18)10-11-29-27(31)13-20(21-12-25-26(14-23(21)30)36-16-35-25)22-15-34-24-5-3-2-4-19(24)28(22)32/h2-9,12,14-15,20,30H,10-11,13,16H2,1H3,(H,29,31)/t20-/m0/s1. The predicted octanol–water partition coefficient (Wildman–Crippen LogP) is 4.12. The summed E-state index contributed by atoms with van der Waals surface area (Å²) in [6, 6.07) is 17.6. The minimum atomic E-state index is -0.763. The minimum absolute atomic E-state index is 0.0346. The van der Waals surface area contributed by atoms with Crippen molar-refractivity contribution in [3.63, 3.8) is 0 Å². The van der Waals surface area contributed by atoms with Crippen molar-refractivity contribution in [2.45, 2.75) is 18.8 Å². The fraction of sp³-hybridized carbons (Fsp3) is 0.214. The third-order valence-electron chi connectivity index (χ3n) is 6.26. The molecule has 8 heteroatoms. The van der Waals surface area contributed by atoms with Gasteiger partial charge in [0.1, 0.15) is 17.1 Å². The van der Waals surface area contributed by atoms with Crippen LogP contribution >= 0.6 is 0 Å². The van der Waals surface area contributed by atoms with E-state index in [1.54, 1.807) is 37.4 Å². The average Bonchev–Trinajstić information content (AvgIpc) is 3.35. The minimum Gasteiger partial charge on any atom is -0.508 e. The third-order valence-corrected chi connectivity index (χ3v) is 6.26. The van der Waals surface area contributed by atoms with Gasteiger partial charge in [-0.1, -0.05) is 24.3 Å². The average molecular weight is 488 g/mol. The van der Waals surface area contributed by atoms with Crippen molar-refractivity contribution in [3.05, 3.63) is 93.8 Å². The Bertz CT molecular complexity index is 1460. The van der Waals surface area contributed by atoms with Crippen LogP contribution in [0.2, 0.25) is 0 Å². The first-order valence-electron chi connectivity index (χ1n) is 11.6. The zero-order valence-electron chi connectivity index (χ0n) is 19.7. The van der Waals surface area contributed by atoms with Crippen LogP contribution in [0, 0.1) is 0 Å². The number of para-hydroxylation sites is 1. The molecule has 0 radical (unpaired) electrons. The number of phenolic OH excluding ortho intramolecular Hbond substituents is 1. The molecule has 0 unspecified atom stereocenters. The quantitative estimate of drug-likeness (QED) is 0.385. The summed E-state index contributed by atoms with van der Waals surface area (Å²) in [5, 5.41) is 14.1. The van der Waals surface area contributed by atoms with Gasteiger partial charge in [0, 0.05) is 36.1 Å². The van der Waals surface area contributed by atoms with E-state index in [1.165, 1.54) is 12.3 Å². The van der Waals surface area contributed by atoms with Crippen molar-refractivity contribution in [2.24, 2.45) is 0 Å². The molecular weight excluding hydrogens is 462 g/mol. The van der Waals surface area contributed by atoms with Crippen molar-refractivity contribution in [2.75, 3.05) is 20.4 Å². The first-order valence-corrected chi connectivity index (χ1v) is 11.6. The number of rotatable bonds is 8. The lowest BCUT2D eigenvalue weighted by Crippen LogP contribution is -2.28. The zero-order valence-corrected chi connectivity index (χ0v) is 19.7. The van der Waals surface area contributed by atoms with Gasteiger partial charge in [-0.3, -0.25) is 9.59 Å². The fourth-order valence-electron chi connectivity index (χ4n) is 4.34. The summed E-state index contributed by atoms with van der Waals surface area (Å²) in [7, 11) is 1.61. The van der Waals surface area contributed by atoms with Gasteiger partial charge in [-0.05, 0) is 42.3 Å². The first-order chi connectivity index (χ1) is 17.5. The van der Waals surface area contributed by atoms with Gasteiger partial charge in [0.25, 0.3) is 0 Å². The number of hydrogen-bond acceptors (Lipinski definition) is 7. The van der Waals surface area contributed by atoms with Crippen LogP contribution in [0.5, 0.6) is 23.0 Å². The molecule has 2 heterocycles. The largest absolute Gasteiger partial charge is 0.508 e. The molecule has 8 nitrogen and oxygen atoms in total. The third kappa shape index (κ3) is 4.70. The number of nitrogens with one attached hydrogen (secondary N) is 1. The molecule has 4 aromatic rings. The molecule has 1 aromatic heterocycles. The molecule has 1 amide bonds. The molecule has 0 spiro atoms. The summed E-state index contributed by atoms with van der Waals surface area (Å²) in [5.41, 5.74) is 1.89. The molecule has 1 aliphatic rings. The Morgan fingerprint density at radius 3 is 2.58 bits per heavy atom. The van der Waals surface area contributed by atoms with Gasteiger partial charge in [0.15, 0.2) is 16.9 Å². The number of carbonyl (C=O) groups excluding carboxylic acids is 1. The number of hydrogen-bond donors (Lipinski definition) is 2. The summed E-state index contributed by atoms with van der Waals surface area (Å²) in [6.45, 7) is 0.449. The Balaban J connectivity index is 1.41. The van der Waals surface area contributed by atoms with Crippen molar-refractivity contribution >= 4 is 16.9 Å². The summed E-state index contributed by atoms with van der Waals surface area (Å²) >= 11 is 0. The normalized spacial score (nSPS) is 12.9. The highest BCUT2D eigenvalue weighted by molar-refractivity contribution is 5.80. The molecule has 0 fully saturated rings. The van der Waals surface area contributed by atoms with E-state index in [-0.39, 0.29) is 35.9 Å². The van der Waals surface area contributed by atoms with Crippen LogP contribution in [0.25, 0.3) is 11.0 Å². The number of aromatic hydroxyl groups is 1. The monoisotopic (exact) mass is 487 g/mol. The van der Waals surface area contributed by atoms with Gasteiger partial charge in [-0.15, -0.1) is 0 Å². The van der Waals surface area contributed by atoms with Crippen molar-refractivity contribution in [1.29, 1.82) is 0 Å².